The maximum Gasteiger partial charge on any atom is 0.308 e. The molecule has 2 atom stereocenters. The third-order valence-electron chi connectivity index (χ3n) is 4.52. The van der Waals surface area contributed by atoms with Crippen molar-refractivity contribution in [3.05, 3.63) is 59.7 Å². The Balaban J connectivity index is 1.62. The van der Waals surface area contributed by atoms with Crippen LogP contribution in [-0.4, -0.2) is 29.6 Å². The highest BCUT2D eigenvalue weighted by molar-refractivity contribution is 6.32. The van der Waals surface area contributed by atoms with Crippen LogP contribution < -0.4 is 9.64 Å². The van der Waals surface area contributed by atoms with Crippen LogP contribution in [0.15, 0.2) is 53.7 Å². The number of anilines is 1. The monoisotopic (exact) mass is 364 g/mol. The molecule has 2 aromatic carbocycles. The molecule has 2 amide bonds. The normalized spacial score (nSPS) is 21.0. The molecule has 2 aliphatic heterocycles. The van der Waals surface area contributed by atoms with Crippen molar-refractivity contribution in [1.82, 2.24) is 0 Å². The number of rotatable bonds is 3. The van der Waals surface area contributed by atoms with E-state index in [-0.39, 0.29) is 5.91 Å². The lowest BCUT2D eigenvalue weighted by Gasteiger charge is -2.15. The summed E-state index contributed by atoms with van der Waals surface area (Å²) in [6.45, 7) is 3.26. The van der Waals surface area contributed by atoms with Crippen molar-refractivity contribution in [2.75, 3.05) is 4.90 Å². The fraction of sp³-hybridized carbons (Fsp3) is 0.200. The second-order valence-electron chi connectivity index (χ2n) is 6.45. The fourth-order valence-corrected chi connectivity index (χ4v) is 3.22. The summed E-state index contributed by atoms with van der Waals surface area (Å²) >= 11 is 0. The largest absolute Gasteiger partial charge is 0.427 e. The number of ether oxygens (including phenoxy) is 1. The molecule has 136 valence electrons. The number of imide groups is 1. The number of fused-ring (bicyclic) bond motifs is 1. The van der Waals surface area contributed by atoms with Gasteiger partial charge in [0.1, 0.15) is 17.4 Å². The maximum absolute atomic E-state index is 13.0. The molecular formula is C20H16N2O5. The molecule has 0 unspecified atom stereocenters. The highest BCUT2D eigenvalue weighted by atomic mass is 16.6. The standard InChI is InChI=1S/C20H16N2O5/c1-11-3-5-13(6-4-11)17-16-18(27-21-17)20(25)22(19(16)24)14-7-9-15(10-8-14)26-12(2)23/h3-10,16,18H,1-2H3/t16-,18+/m0/s1. The molecule has 1 saturated heterocycles. The van der Waals surface area contributed by atoms with Gasteiger partial charge in [0.25, 0.3) is 5.91 Å². The minimum atomic E-state index is -0.957. The Hall–Kier alpha value is -3.48. The zero-order valence-electron chi connectivity index (χ0n) is 14.7. The van der Waals surface area contributed by atoms with Gasteiger partial charge in [-0.15, -0.1) is 0 Å². The molecule has 0 aromatic heterocycles. The van der Waals surface area contributed by atoms with Gasteiger partial charge in [-0.25, -0.2) is 4.90 Å². The molecule has 0 radical (unpaired) electrons. The van der Waals surface area contributed by atoms with E-state index in [1.807, 2.05) is 31.2 Å². The van der Waals surface area contributed by atoms with Crippen molar-refractivity contribution in [2.24, 2.45) is 11.1 Å². The number of amides is 2. The minimum Gasteiger partial charge on any atom is -0.427 e. The number of carbonyl (C=O) groups excluding carboxylic acids is 3. The number of aryl methyl sites for hydroxylation is 1. The van der Waals surface area contributed by atoms with Crippen molar-refractivity contribution >= 4 is 29.2 Å². The topological polar surface area (TPSA) is 85.3 Å². The first-order valence-electron chi connectivity index (χ1n) is 8.43. The van der Waals surface area contributed by atoms with Crippen molar-refractivity contribution in [1.29, 1.82) is 0 Å². The van der Waals surface area contributed by atoms with Gasteiger partial charge in [0.15, 0.2) is 0 Å². The first kappa shape index (κ1) is 17.0. The first-order valence-corrected chi connectivity index (χ1v) is 8.43. The van der Waals surface area contributed by atoms with Gasteiger partial charge in [0.2, 0.25) is 12.0 Å². The van der Waals surface area contributed by atoms with Crippen molar-refractivity contribution in [2.45, 2.75) is 20.0 Å². The van der Waals surface area contributed by atoms with Gasteiger partial charge in [-0.05, 0) is 31.2 Å². The number of esters is 1. The summed E-state index contributed by atoms with van der Waals surface area (Å²) in [4.78, 5) is 43.1. The number of hydrogen-bond acceptors (Lipinski definition) is 6. The molecule has 2 aliphatic rings. The molecule has 2 aromatic rings. The van der Waals surface area contributed by atoms with E-state index in [0.29, 0.717) is 17.1 Å². The summed E-state index contributed by atoms with van der Waals surface area (Å²) in [5.41, 5.74) is 2.68. The van der Waals surface area contributed by atoms with Gasteiger partial charge >= 0.3 is 5.97 Å². The van der Waals surface area contributed by atoms with Crippen LogP contribution in [0.3, 0.4) is 0 Å². The molecule has 2 heterocycles. The van der Waals surface area contributed by atoms with Crippen molar-refractivity contribution in [3.8, 4) is 5.75 Å². The Morgan fingerprint density at radius 2 is 1.70 bits per heavy atom. The summed E-state index contributed by atoms with van der Waals surface area (Å²) in [5.74, 6) is -1.73. The second kappa shape index (κ2) is 6.35. The minimum absolute atomic E-state index is 0.337. The highest BCUT2D eigenvalue weighted by Crippen LogP contribution is 2.35. The SMILES string of the molecule is CC(=O)Oc1ccc(N2C(=O)[C@H]3C(c4ccc(C)cc4)=NO[C@H]3C2=O)cc1. The van der Waals surface area contributed by atoms with Crippen LogP contribution in [-0.2, 0) is 19.2 Å². The van der Waals surface area contributed by atoms with Crippen molar-refractivity contribution < 1.29 is 24.0 Å². The summed E-state index contributed by atoms with van der Waals surface area (Å²) in [7, 11) is 0. The Morgan fingerprint density at radius 1 is 1.04 bits per heavy atom. The number of carbonyl (C=O) groups is 3. The molecule has 27 heavy (non-hydrogen) atoms. The van der Waals surface area contributed by atoms with Crippen LogP contribution in [0.1, 0.15) is 18.1 Å². The quantitative estimate of drug-likeness (QED) is 0.474. The Labute approximate surface area is 155 Å². The van der Waals surface area contributed by atoms with E-state index in [4.69, 9.17) is 9.57 Å². The Morgan fingerprint density at radius 3 is 2.33 bits per heavy atom. The lowest BCUT2D eigenvalue weighted by atomic mass is 9.93. The molecule has 0 aliphatic carbocycles. The Kier molecular flexibility index (Phi) is 3.99. The van der Waals surface area contributed by atoms with E-state index in [1.165, 1.54) is 19.1 Å². The molecule has 0 bridgehead atoms. The zero-order valence-corrected chi connectivity index (χ0v) is 14.7. The molecule has 0 N–H and O–H groups in total. The predicted molar refractivity (Wildman–Crippen MR) is 96.3 cm³/mol. The number of nitrogens with zero attached hydrogens (tertiary/aromatic N) is 2. The van der Waals surface area contributed by atoms with Gasteiger partial charge in [-0.1, -0.05) is 35.0 Å². The lowest BCUT2D eigenvalue weighted by molar-refractivity contribution is -0.132. The summed E-state index contributed by atoms with van der Waals surface area (Å²) in [6, 6.07) is 13.7. The average molecular weight is 364 g/mol. The first-order chi connectivity index (χ1) is 13.0. The van der Waals surface area contributed by atoms with E-state index >= 15 is 0 Å². The zero-order chi connectivity index (χ0) is 19.1. The van der Waals surface area contributed by atoms with E-state index in [9.17, 15) is 14.4 Å². The lowest BCUT2D eigenvalue weighted by Crippen LogP contribution is -2.33. The van der Waals surface area contributed by atoms with E-state index in [2.05, 4.69) is 5.16 Å². The molecule has 7 nitrogen and oxygen atoms in total. The summed E-state index contributed by atoms with van der Waals surface area (Å²) in [6.07, 6.45) is -0.957. The smallest absolute Gasteiger partial charge is 0.308 e. The Bertz CT molecular complexity index is 963. The average Bonchev–Trinajstić information content (AvgIpc) is 3.17. The predicted octanol–water partition coefficient (Wildman–Crippen LogP) is 2.21. The van der Waals surface area contributed by atoms with Crippen LogP contribution >= 0.6 is 0 Å². The summed E-state index contributed by atoms with van der Waals surface area (Å²) < 4.78 is 4.97. The third-order valence-corrected chi connectivity index (χ3v) is 4.52. The van der Waals surface area contributed by atoms with Gasteiger partial charge in [-0.3, -0.25) is 14.4 Å². The van der Waals surface area contributed by atoms with E-state index in [1.54, 1.807) is 12.1 Å². The molecule has 4 rings (SSSR count). The number of oxime groups is 1. The molecule has 0 spiro atoms. The number of hydrogen-bond donors (Lipinski definition) is 0. The second-order valence-corrected chi connectivity index (χ2v) is 6.45. The fourth-order valence-electron chi connectivity index (χ4n) is 3.22. The van der Waals surface area contributed by atoms with Crippen LogP contribution in [0.25, 0.3) is 0 Å². The van der Waals surface area contributed by atoms with Gasteiger partial charge in [-0.2, -0.15) is 0 Å². The van der Waals surface area contributed by atoms with E-state index < -0.39 is 23.9 Å². The van der Waals surface area contributed by atoms with Crippen LogP contribution in [0.2, 0.25) is 0 Å². The van der Waals surface area contributed by atoms with Crippen LogP contribution in [0, 0.1) is 12.8 Å². The third kappa shape index (κ3) is 2.87. The molecule has 1 fully saturated rings. The molecule has 7 heteroatoms. The van der Waals surface area contributed by atoms with Crippen molar-refractivity contribution in [3.63, 3.8) is 0 Å². The van der Waals surface area contributed by atoms with Crippen LogP contribution in [0.5, 0.6) is 5.75 Å². The van der Waals surface area contributed by atoms with Gasteiger partial charge in [0, 0.05) is 12.5 Å². The highest BCUT2D eigenvalue weighted by Gasteiger charge is 2.56. The number of benzene rings is 2. The van der Waals surface area contributed by atoms with Crippen LogP contribution in [0.4, 0.5) is 5.69 Å². The maximum atomic E-state index is 13.0. The van der Waals surface area contributed by atoms with Gasteiger partial charge in [0.05, 0.1) is 5.69 Å². The summed E-state index contributed by atoms with van der Waals surface area (Å²) in [5, 5.41) is 3.99. The van der Waals surface area contributed by atoms with Gasteiger partial charge < -0.3 is 9.57 Å². The molecular weight excluding hydrogens is 348 g/mol. The molecule has 0 saturated carbocycles. The van der Waals surface area contributed by atoms with E-state index in [0.717, 1.165) is 16.0 Å².